The van der Waals surface area contributed by atoms with E-state index in [1.165, 1.54) is 0 Å². The first kappa shape index (κ1) is 14.0. The lowest BCUT2D eigenvalue weighted by molar-refractivity contribution is -0.117. The summed E-state index contributed by atoms with van der Waals surface area (Å²) in [5, 5.41) is 7.44. The molecule has 1 aromatic carbocycles. The Hall–Kier alpha value is -1.94. The molecule has 4 heteroatoms. The Morgan fingerprint density at radius 2 is 2.14 bits per heavy atom. The van der Waals surface area contributed by atoms with Crippen LogP contribution in [0.1, 0.15) is 24.8 Å². The van der Waals surface area contributed by atoms with E-state index in [1.807, 2.05) is 31.2 Å². The molecule has 4 nitrogen and oxygen atoms in total. The van der Waals surface area contributed by atoms with E-state index in [0.29, 0.717) is 12.3 Å². The van der Waals surface area contributed by atoms with Gasteiger partial charge in [-0.2, -0.15) is 0 Å². The molecule has 0 saturated carbocycles. The second-order valence-electron chi connectivity index (χ2n) is 5.77. The second-order valence-corrected chi connectivity index (χ2v) is 5.77. The van der Waals surface area contributed by atoms with E-state index >= 15 is 0 Å². The number of hydrogen-bond donors (Lipinski definition) is 2. The van der Waals surface area contributed by atoms with Gasteiger partial charge in [-0.25, -0.2) is 0 Å². The summed E-state index contributed by atoms with van der Waals surface area (Å²) in [6.45, 7) is 4.07. The topological polar surface area (TPSA) is 54.0 Å². The van der Waals surface area contributed by atoms with Crippen LogP contribution in [0, 0.1) is 12.8 Å². The number of amides is 1. The number of rotatable bonds is 3. The molecule has 0 bridgehead atoms. The molecule has 2 aromatic rings. The molecule has 1 saturated heterocycles. The zero-order valence-corrected chi connectivity index (χ0v) is 12.4. The fraction of sp³-hybridized carbons (Fsp3) is 0.412. The van der Waals surface area contributed by atoms with Gasteiger partial charge in [0, 0.05) is 18.0 Å². The quantitative estimate of drug-likeness (QED) is 0.910. The molecule has 0 atom stereocenters. The molecular weight excluding hydrogens is 262 g/mol. The van der Waals surface area contributed by atoms with Gasteiger partial charge in [0.25, 0.3) is 0 Å². The average molecular weight is 283 g/mol. The van der Waals surface area contributed by atoms with E-state index in [1.54, 1.807) is 6.20 Å². The highest BCUT2D eigenvalue weighted by atomic mass is 16.1. The van der Waals surface area contributed by atoms with Crippen LogP contribution < -0.4 is 10.6 Å². The van der Waals surface area contributed by atoms with Gasteiger partial charge in [0.15, 0.2) is 0 Å². The molecule has 2 heterocycles. The van der Waals surface area contributed by atoms with Crippen LogP contribution in [0.15, 0.2) is 30.5 Å². The zero-order chi connectivity index (χ0) is 14.7. The number of fused-ring (bicyclic) bond motifs is 1. The lowest BCUT2D eigenvalue weighted by atomic mass is 9.94. The highest BCUT2D eigenvalue weighted by Crippen LogP contribution is 2.26. The third-order valence-electron chi connectivity index (χ3n) is 4.19. The summed E-state index contributed by atoms with van der Waals surface area (Å²) >= 11 is 0. The Bertz CT molecular complexity index is 648. The van der Waals surface area contributed by atoms with Crippen LogP contribution in [0.3, 0.4) is 0 Å². The second kappa shape index (κ2) is 6.22. The van der Waals surface area contributed by atoms with Crippen LogP contribution in [0.2, 0.25) is 0 Å². The maximum atomic E-state index is 12.3. The summed E-state index contributed by atoms with van der Waals surface area (Å²) in [7, 11) is 0. The zero-order valence-electron chi connectivity index (χ0n) is 12.4. The predicted molar refractivity (Wildman–Crippen MR) is 85.3 cm³/mol. The number of pyridine rings is 1. The minimum atomic E-state index is 0.112. The number of carbonyl (C=O) groups is 1. The molecule has 21 heavy (non-hydrogen) atoms. The number of hydrogen-bond acceptors (Lipinski definition) is 3. The summed E-state index contributed by atoms with van der Waals surface area (Å²) in [6, 6.07) is 7.92. The number of anilines is 1. The lowest BCUT2D eigenvalue weighted by Crippen LogP contribution is -2.30. The van der Waals surface area contributed by atoms with E-state index in [4.69, 9.17) is 0 Å². The predicted octanol–water partition coefficient (Wildman–Crippen LogP) is 2.87. The third kappa shape index (κ3) is 3.22. The number of carbonyl (C=O) groups excluding carboxylic acids is 1. The number of nitrogens with zero attached hydrogens (tertiary/aromatic N) is 1. The highest BCUT2D eigenvalue weighted by Gasteiger charge is 2.17. The van der Waals surface area contributed by atoms with Gasteiger partial charge < -0.3 is 10.6 Å². The smallest absolute Gasteiger partial charge is 0.224 e. The van der Waals surface area contributed by atoms with Crippen molar-refractivity contribution < 1.29 is 4.79 Å². The molecule has 3 rings (SSSR count). The summed E-state index contributed by atoms with van der Waals surface area (Å²) in [6.07, 6.45) is 4.56. The van der Waals surface area contributed by atoms with Gasteiger partial charge in [0.05, 0.1) is 11.2 Å². The molecule has 1 aliphatic rings. The van der Waals surface area contributed by atoms with Crippen molar-refractivity contribution in [2.75, 3.05) is 18.4 Å². The van der Waals surface area contributed by atoms with Gasteiger partial charge in [-0.15, -0.1) is 0 Å². The maximum Gasteiger partial charge on any atom is 0.224 e. The molecule has 1 aliphatic heterocycles. The number of aromatic nitrogens is 1. The van der Waals surface area contributed by atoms with Crippen molar-refractivity contribution in [2.45, 2.75) is 26.2 Å². The highest BCUT2D eigenvalue weighted by molar-refractivity contribution is 6.02. The van der Waals surface area contributed by atoms with Gasteiger partial charge in [0.1, 0.15) is 0 Å². The van der Waals surface area contributed by atoms with Crippen molar-refractivity contribution in [1.29, 1.82) is 0 Å². The van der Waals surface area contributed by atoms with Crippen LogP contribution in [0.25, 0.3) is 10.9 Å². The Balaban J connectivity index is 1.77. The molecule has 1 amide bonds. The first-order chi connectivity index (χ1) is 10.2. The van der Waals surface area contributed by atoms with Gasteiger partial charge in [-0.3, -0.25) is 9.78 Å². The number of nitrogens with one attached hydrogen (secondary N) is 2. The van der Waals surface area contributed by atoms with Crippen LogP contribution in [-0.4, -0.2) is 24.0 Å². The third-order valence-corrected chi connectivity index (χ3v) is 4.19. The molecule has 1 fully saturated rings. The van der Waals surface area contributed by atoms with E-state index in [0.717, 1.165) is 48.1 Å². The monoisotopic (exact) mass is 283 g/mol. The molecular formula is C17H21N3O. The maximum absolute atomic E-state index is 12.3. The molecule has 2 N–H and O–H groups in total. The summed E-state index contributed by atoms with van der Waals surface area (Å²) < 4.78 is 0. The van der Waals surface area contributed by atoms with Gasteiger partial charge in [-0.1, -0.05) is 6.07 Å². The fourth-order valence-corrected chi connectivity index (χ4v) is 2.97. The first-order valence-electron chi connectivity index (χ1n) is 7.59. The van der Waals surface area contributed by atoms with Crippen molar-refractivity contribution in [2.24, 2.45) is 5.92 Å². The van der Waals surface area contributed by atoms with E-state index < -0.39 is 0 Å². The Kier molecular flexibility index (Phi) is 4.15. The van der Waals surface area contributed by atoms with Crippen LogP contribution in [-0.2, 0) is 4.79 Å². The van der Waals surface area contributed by atoms with Crippen molar-refractivity contribution in [3.63, 3.8) is 0 Å². The summed E-state index contributed by atoms with van der Waals surface area (Å²) in [5.74, 6) is 0.612. The largest absolute Gasteiger partial charge is 0.325 e. The summed E-state index contributed by atoms with van der Waals surface area (Å²) in [4.78, 5) is 16.7. The van der Waals surface area contributed by atoms with Crippen LogP contribution >= 0.6 is 0 Å². The van der Waals surface area contributed by atoms with Crippen LogP contribution in [0.5, 0.6) is 0 Å². The first-order valence-corrected chi connectivity index (χ1v) is 7.59. The van der Waals surface area contributed by atoms with Gasteiger partial charge in [0.2, 0.25) is 5.91 Å². The molecule has 110 valence electrons. The average Bonchev–Trinajstić information content (AvgIpc) is 2.51. The lowest BCUT2D eigenvalue weighted by Gasteiger charge is -2.22. The Labute approximate surface area is 125 Å². The number of benzene rings is 1. The van der Waals surface area contributed by atoms with E-state index in [9.17, 15) is 4.79 Å². The molecule has 0 radical (unpaired) electrons. The van der Waals surface area contributed by atoms with Gasteiger partial charge in [-0.05, 0) is 62.5 Å². The normalized spacial score (nSPS) is 16.0. The standard InChI is InChI=1S/C17H21N3O/c1-12-4-5-15-14(3-2-8-19-15)17(12)20-16(21)11-13-6-9-18-10-7-13/h2-5,8,13,18H,6-7,9-11H2,1H3,(H,20,21). The van der Waals surface area contributed by atoms with E-state index in [2.05, 4.69) is 15.6 Å². The van der Waals surface area contributed by atoms with Gasteiger partial charge >= 0.3 is 0 Å². The fourth-order valence-electron chi connectivity index (χ4n) is 2.97. The van der Waals surface area contributed by atoms with E-state index in [-0.39, 0.29) is 5.91 Å². The molecule has 0 spiro atoms. The SMILES string of the molecule is Cc1ccc2ncccc2c1NC(=O)CC1CCNCC1. The van der Waals surface area contributed by atoms with Crippen molar-refractivity contribution in [1.82, 2.24) is 10.3 Å². The molecule has 0 unspecified atom stereocenters. The molecule has 0 aliphatic carbocycles. The number of piperidine rings is 1. The molecule has 1 aromatic heterocycles. The minimum Gasteiger partial charge on any atom is -0.325 e. The van der Waals surface area contributed by atoms with Crippen molar-refractivity contribution in [3.8, 4) is 0 Å². The Morgan fingerprint density at radius 1 is 1.33 bits per heavy atom. The van der Waals surface area contributed by atoms with Crippen molar-refractivity contribution in [3.05, 3.63) is 36.0 Å². The minimum absolute atomic E-state index is 0.112. The summed E-state index contributed by atoms with van der Waals surface area (Å²) in [5.41, 5.74) is 2.90. The van der Waals surface area contributed by atoms with Crippen LogP contribution in [0.4, 0.5) is 5.69 Å². The van der Waals surface area contributed by atoms with Crippen molar-refractivity contribution >= 4 is 22.5 Å². The number of aryl methyl sites for hydroxylation is 1. The Morgan fingerprint density at radius 3 is 2.95 bits per heavy atom.